The van der Waals surface area contributed by atoms with Crippen molar-refractivity contribution in [3.63, 3.8) is 0 Å². The van der Waals surface area contributed by atoms with E-state index in [0.717, 1.165) is 31.8 Å². The van der Waals surface area contributed by atoms with Crippen molar-refractivity contribution in [2.45, 2.75) is 39.2 Å². The van der Waals surface area contributed by atoms with Crippen LogP contribution in [-0.4, -0.2) is 47.1 Å². The van der Waals surface area contributed by atoms with Crippen LogP contribution in [0.3, 0.4) is 0 Å². The summed E-state index contributed by atoms with van der Waals surface area (Å²) in [6.07, 6.45) is 1.93. The van der Waals surface area contributed by atoms with Crippen LogP contribution in [0.15, 0.2) is 4.52 Å². The van der Waals surface area contributed by atoms with Crippen molar-refractivity contribution in [2.75, 3.05) is 26.2 Å². The van der Waals surface area contributed by atoms with Crippen LogP contribution < -0.4 is 11.1 Å². The summed E-state index contributed by atoms with van der Waals surface area (Å²) in [7, 11) is 0. The van der Waals surface area contributed by atoms with Gasteiger partial charge in [-0.1, -0.05) is 19.0 Å². The molecule has 1 saturated heterocycles. The molecule has 1 aromatic rings. The lowest BCUT2D eigenvalue weighted by atomic mass is 9.97. The van der Waals surface area contributed by atoms with Gasteiger partial charge in [0, 0.05) is 25.6 Å². The van der Waals surface area contributed by atoms with Crippen LogP contribution in [0.5, 0.6) is 0 Å². The smallest absolute Gasteiger partial charge is 0.240 e. The van der Waals surface area contributed by atoms with Crippen LogP contribution in [0.4, 0.5) is 0 Å². The molecule has 0 aromatic carbocycles. The number of likely N-dealkylation sites (tertiary alicyclic amines) is 1. The summed E-state index contributed by atoms with van der Waals surface area (Å²) in [5, 5.41) is 6.83. The largest absolute Gasteiger partial charge is 0.355 e. The monoisotopic (exact) mass is 295 g/mol. The third-order valence-electron chi connectivity index (χ3n) is 3.68. The molecular formula is C14H25N5O2. The Bertz CT molecular complexity index is 460. The van der Waals surface area contributed by atoms with Crippen LogP contribution in [0, 0.1) is 5.92 Å². The van der Waals surface area contributed by atoms with Crippen molar-refractivity contribution in [1.29, 1.82) is 0 Å². The SMILES string of the molecule is CC(C)c1noc(CN2CCCC(C(=O)NCCN)C2)n1. The van der Waals surface area contributed by atoms with E-state index < -0.39 is 0 Å². The molecule has 1 unspecified atom stereocenters. The van der Waals surface area contributed by atoms with Crippen molar-refractivity contribution < 1.29 is 9.32 Å². The van der Waals surface area contributed by atoms with Crippen molar-refractivity contribution in [3.05, 3.63) is 11.7 Å². The zero-order valence-electron chi connectivity index (χ0n) is 12.8. The fourth-order valence-electron chi connectivity index (χ4n) is 2.51. The van der Waals surface area contributed by atoms with Crippen LogP contribution >= 0.6 is 0 Å². The number of nitrogens with zero attached hydrogens (tertiary/aromatic N) is 3. The third kappa shape index (κ3) is 4.50. The summed E-state index contributed by atoms with van der Waals surface area (Å²) >= 11 is 0. The number of nitrogens with two attached hydrogens (primary N) is 1. The average Bonchev–Trinajstić information content (AvgIpc) is 2.94. The molecule has 0 aliphatic carbocycles. The number of carbonyl (C=O) groups excluding carboxylic acids is 1. The predicted octanol–water partition coefficient (Wildman–Crippen LogP) is 0.480. The Labute approximate surface area is 125 Å². The van der Waals surface area contributed by atoms with Gasteiger partial charge in [0.05, 0.1) is 12.5 Å². The normalized spacial score (nSPS) is 19.9. The van der Waals surface area contributed by atoms with Gasteiger partial charge in [-0.05, 0) is 19.4 Å². The summed E-state index contributed by atoms with van der Waals surface area (Å²) < 4.78 is 5.27. The van der Waals surface area contributed by atoms with E-state index >= 15 is 0 Å². The lowest BCUT2D eigenvalue weighted by Crippen LogP contribution is -2.43. The lowest BCUT2D eigenvalue weighted by Gasteiger charge is -2.30. The first-order chi connectivity index (χ1) is 10.1. The first kappa shape index (κ1) is 15.9. The second-order valence-corrected chi connectivity index (χ2v) is 5.85. The molecule has 3 N–H and O–H groups in total. The maximum Gasteiger partial charge on any atom is 0.240 e. The fourth-order valence-corrected chi connectivity index (χ4v) is 2.51. The van der Waals surface area contributed by atoms with Gasteiger partial charge in [0.25, 0.3) is 0 Å². The number of aromatic nitrogens is 2. The lowest BCUT2D eigenvalue weighted by molar-refractivity contribution is -0.126. The maximum absolute atomic E-state index is 12.0. The zero-order valence-corrected chi connectivity index (χ0v) is 12.8. The molecule has 21 heavy (non-hydrogen) atoms. The quantitative estimate of drug-likeness (QED) is 0.792. The van der Waals surface area contributed by atoms with E-state index in [1.807, 2.05) is 13.8 Å². The average molecular weight is 295 g/mol. The number of hydrogen-bond acceptors (Lipinski definition) is 6. The van der Waals surface area contributed by atoms with E-state index in [9.17, 15) is 4.79 Å². The summed E-state index contributed by atoms with van der Waals surface area (Å²) in [6.45, 7) is 7.38. The van der Waals surface area contributed by atoms with E-state index in [1.165, 1.54) is 0 Å². The molecule has 1 amide bonds. The minimum atomic E-state index is 0.0257. The van der Waals surface area contributed by atoms with Crippen LogP contribution in [0.1, 0.15) is 44.3 Å². The Hall–Kier alpha value is -1.47. The van der Waals surface area contributed by atoms with Gasteiger partial charge in [0.1, 0.15) is 0 Å². The predicted molar refractivity (Wildman–Crippen MR) is 78.5 cm³/mol. The molecule has 1 aliphatic rings. The molecule has 118 valence electrons. The summed E-state index contributed by atoms with van der Waals surface area (Å²) in [6, 6.07) is 0. The first-order valence-electron chi connectivity index (χ1n) is 7.62. The van der Waals surface area contributed by atoms with Gasteiger partial charge in [-0.15, -0.1) is 0 Å². The molecule has 0 saturated carbocycles. The second-order valence-electron chi connectivity index (χ2n) is 5.85. The molecule has 2 heterocycles. The molecule has 7 nitrogen and oxygen atoms in total. The summed E-state index contributed by atoms with van der Waals surface area (Å²) in [5.41, 5.74) is 5.41. The van der Waals surface area contributed by atoms with Gasteiger partial charge < -0.3 is 15.6 Å². The highest BCUT2D eigenvalue weighted by molar-refractivity contribution is 5.78. The first-order valence-corrected chi connectivity index (χ1v) is 7.62. The van der Waals surface area contributed by atoms with E-state index in [1.54, 1.807) is 0 Å². The van der Waals surface area contributed by atoms with E-state index in [0.29, 0.717) is 25.5 Å². The van der Waals surface area contributed by atoms with Crippen molar-refractivity contribution in [3.8, 4) is 0 Å². The van der Waals surface area contributed by atoms with Crippen LogP contribution in [0.2, 0.25) is 0 Å². The fraction of sp³-hybridized carbons (Fsp3) is 0.786. The highest BCUT2D eigenvalue weighted by atomic mass is 16.5. The van der Waals surface area contributed by atoms with E-state index in [2.05, 4.69) is 20.4 Å². The van der Waals surface area contributed by atoms with Gasteiger partial charge in [0.15, 0.2) is 5.82 Å². The topological polar surface area (TPSA) is 97.3 Å². The van der Waals surface area contributed by atoms with Gasteiger partial charge in [0.2, 0.25) is 11.8 Å². The molecule has 1 aromatic heterocycles. The summed E-state index contributed by atoms with van der Waals surface area (Å²) in [4.78, 5) is 18.6. The van der Waals surface area contributed by atoms with E-state index in [-0.39, 0.29) is 17.7 Å². The van der Waals surface area contributed by atoms with Crippen LogP contribution in [-0.2, 0) is 11.3 Å². The molecule has 1 atom stereocenters. The number of nitrogens with one attached hydrogen (secondary N) is 1. The molecule has 0 radical (unpaired) electrons. The van der Waals surface area contributed by atoms with Gasteiger partial charge in [-0.3, -0.25) is 9.69 Å². The Morgan fingerprint density at radius 1 is 1.57 bits per heavy atom. The van der Waals surface area contributed by atoms with Gasteiger partial charge in [-0.2, -0.15) is 4.98 Å². The molecule has 0 spiro atoms. The molecule has 7 heteroatoms. The van der Waals surface area contributed by atoms with Gasteiger partial charge >= 0.3 is 0 Å². The Morgan fingerprint density at radius 3 is 3.05 bits per heavy atom. The number of rotatable bonds is 6. The van der Waals surface area contributed by atoms with E-state index in [4.69, 9.17) is 10.3 Å². The third-order valence-corrected chi connectivity index (χ3v) is 3.68. The van der Waals surface area contributed by atoms with Gasteiger partial charge in [-0.25, -0.2) is 0 Å². The minimum Gasteiger partial charge on any atom is -0.355 e. The number of hydrogen-bond donors (Lipinski definition) is 2. The molecule has 0 bridgehead atoms. The number of carbonyl (C=O) groups is 1. The molecule has 1 fully saturated rings. The van der Waals surface area contributed by atoms with Crippen molar-refractivity contribution >= 4 is 5.91 Å². The van der Waals surface area contributed by atoms with Crippen molar-refractivity contribution in [2.24, 2.45) is 11.7 Å². The van der Waals surface area contributed by atoms with Crippen molar-refractivity contribution in [1.82, 2.24) is 20.4 Å². The molecule has 2 rings (SSSR count). The van der Waals surface area contributed by atoms with Crippen LogP contribution in [0.25, 0.3) is 0 Å². The molecular weight excluding hydrogens is 270 g/mol. The molecule has 1 aliphatic heterocycles. The maximum atomic E-state index is 12.0. The Balaban J connectivity index is 1.87. The second kappa shape index (κ2) is 7.51. The zero-order chi connectivity index (χ0) is 15.2. The number of amides is 1. The number of piperidine rings is 1. The summed E-state index contributed by atoms with van der Waals surface area (Å²) in [5.74, 6) is 1.75. The Kier molecular flexibility index (Phi) is 5.69. The minimum absolute atomic E-state index is 0.0257. The standard InChI is InChI=1S/C14H25N5O2/c1-10(2)13-17-12(21-18-13)9-19-7-3-4-11(8-19)14(20)16-6-5-15/h10-11H,3-9,15H2,1-2H3,(H,16,20). The Morgan fingerprint density at radius 2 is 2.38 bits per heavy atom. The highest BCUT2D eigenvalue weighted by Gasteiger charge is 2.26. The highest BCUT2D eigenvalue weighted by Crippen LogP contribution is 2.19.